The van der Waals surface area contributed by atoms with Crippen LogP contribution in [-0.2, 0) is 11.3 Å². The van der Waals surface area contributed by atoms with Crippen molar-refractivity contribution < 1.29 is 14.3 Å². The summed E-state index contributed by atoms with van der Waals surface area (Å²) in [5, 5.41) is 7.23. The van der Waals surface area contributed by atoms with Crippen molar-refractivity contribution in [3.63, 3.8) is 0 Å². The number of benzene rings is 4. The summed E-state index contributed by atoms with van der Waals surface area (Å²) in [4.78, 5) is 35.8. The Bertz CT molecular complexity index is 1810. The molecule has 0 spiro atoms. The molecule has 42 heavy (non-hydrogen) atoms. The summed E-state index contributed by atoms with van der Waals surface area (Å²) < 4.78 is 5.49. The van der Waals surface area contributed by atoms with Gasteiger partial charge in [0.05, 0.1) is 42.2 Å². The van der Waals surface area contributed by atoms with Gasteiger partial charge in [0.25, 0.3) is 11.8 Å². The van der Waals surface area contributed by atoms with Gasteiger partial charge in [-0.05, 0) is 35.2 Å². The Morgan fingerprint density at radius 2 is 1.71 bits per heavy atom. The highest BCUT2D eigenvalue weighted by Crippen LogP contribution is 2.38. The minimum atomic E-state index is -0.314. The van der Waals surface area contributed by atoms with Crippen LogP contribution in [0.4, 0.5) is 10.8 Å². The first-order valence-electron chi connectivity index (χ1n) is 13.8. The molecule has 0 atom stereocenters. The molecule has 9 heteroatoms. The van der Waals surface area contributed by atoms with Crippen LogP contribution in [0.15, 0.2) is 96.1 Å². The predicted octanol–water partition coefficient (Wildman–Crippen LogP) is 5.72. The first kappa shape index (κ1) is 26.1. The number of rotatable bonds is 7. The molecule has 1 saturated heterocycles. The monoisotopic (exact) mass is 573 g/mol. The van der Waals surface area contributed by atoms with Gasteiger partial charge in [-0.2, -0.15) is 5.10 Å². The molecule has 0 radical (unpaired) electrons. The number of nitrogens with zero attached hydrogens (tertiary/aromatic N) is 4. The molecule has 1 N–H and O–H groups in total. The Morgan fingerprint density at radius 1 is 0.952 bits per heavy atom. The highest BCUT2D eigenvalue weighted by Gasteiger charge is 2.29. The molecule has 0 unspecified atom stereocenters. The third kappa shape index (κ3) is 4.93. The van der Waals surface area contributed by atoms with Crippen molar-refractivity contribution >= 4 is 51.0 Å². The lowest BCUT2D eigenvalue weighted by Crippen LogP contribution is -2.36. The Balaban J connectivity index is 1.05. The van der Waals surface area contributed by atoms with Gasteiger partial charge in [0.1, 0.15) is 0 Å². The second kappa shape index (κ2) is 11.2. The van der Waals surface area contributed by atoms with Crippen molar-refractivity contribution in [3.8, 4) is 11.3 Å². The summed E-state index contributed by atoms with van der Waals surface area (Å²) in [7, 11) is 0. The fourth-order valence-corrected chi connectivity index (χ4v) is 6.41. The van der Waals surface area contributed by atoms with E-state index in [0.29, 0.717) is 25.3 Å². The van der Waals surface area contributed by atoms with Crippen LogP contribution in [0.1, 0.15) is 31.2 Å². The molecule has 0 aliphatic carbocycles. The number of hydrogen-bond donors (Lipinski definition) is 1. The van der Waals surface area contributed by atoms with E-state index in [-0.39, 0.29) is 11.8 Å². The van der Waals surface area contributed by atoms with Gasteiger partial charge in [0.15, 0.2) is 5.13 Å². The third-order valence-corrected chi connectivity index (χ3v) is 8.58. The molecule has 2 amide bonds. The Kier molecular flexibility index (Phi) is 6.95. The van der Waals surface area contributed by atoms with Gasteiger partial charge in [-0.1, -0.05) is 78.1 Å². The quantitative estimate of drug-likeness (QED) is 0.199. The Labute approximate surface area is 246 Å². The minimum absolute atomic E-state index is 0.00678. The van der Waals surface area contributed by atoms with Gasteiger partial charge in [-0.3, -0.25) is 9.59 Å². The van der Waals surface area contributed by atoms with Crippen molar-refractivity contribution in [3.05, 3.63) is 113 Å². The van der Waals surface area contributed by atoms with Crippen LogP contribution < -0.4 is 15.2 Å². The number of hydrogen-bond acceptors (Lipinski definition) is 7. The summed E-state index contributed by atoms with van der Waals surface area (Å²) in [5.74, 6) is -0.320. The standard InChI is InChI=1S/C33H27N5O3S/c39-31(36-34-20-28-30(24-6-2-1-3-7-24)35-33(42-28)37-16-18-41-19-17-37)25-14-12-22(13-15-25)21-38-27-11-5-9-23-8-4-10-26(29(23)27)32(38)40/h1-15,20H,16-19,21H2,(H,36,39)/b34-20+. The number of aromatic nitrogens is 1. The number of thiazole rings is 1. The Morgan fingerprint density at radius 3 is 2.50 bits per heavy atom. The second-order valence-electron chi connectivity index (χ2n) is 10.1. The summed E-state index contributed by atoms with van der Waals surface area (Å²) in [6.07, 6.45) is 1.66. The maximum absolute atomic E-state index is 13.1. The molecule has 1 fully saturated rings. The maximum atomic E-state index is 13.1. The third-order valence-electron chi connectivity index (χ3n) is 7.52. The molecule has 2 aliphatic rings. The zero-order chi connectivity index (χ0) is 28.5. The van der Waals surface area contributed by atoms with Crippen LogP contribution >= 0.6 is 11.3 Å². The van der Waals surface area contributed by atoms with E-state index < -0.39 is 0 Å². The Hall–Kier alpha value is -4.86. The van der Waals surface area contributed by atoms with Crippen molar-refractivity contribution in [1.82, 2.24) is 10.4 Å². The second-order valence-corrected chi connectivity index (χ2v) is 11.2. The minimum Gasteiger partial charge on any atom is -0.378 e. The fourth-order valence-electron chi connectivity index (χ4n) is 5.39. The van der Waals surface area contributed by atoms with E-state index in [1.54, 1.807) is 34.6 Å². The van der Waals surface area contributed by atoms with E-state index in [1.165, 1.54) is 0 Å². The molecule has 7 rings (SSSR count). The van der Waals surface area contributed by atoms with Gasteiger partial charge in [-0.15, -0.1) is 0 Å². The average Bonchev–Trinajstić information content (AvgIpc) is 3.59. The van der Waals surface area contributed by atoms with Gasteiger partial charge < -0.3 is 14.5 Å². The number of morpholine rings is 1. The van der Waals surface area contributed by atoms with Gasteiger partial charge in [0, 0.05) is 35.2 Å². The van der Waals surface area contributed by atoms with Gasteiger partial charge in [-0.25, -0.2) is 10.4 Å². The molecule has 5 aromatic rings. The van der Waals surface area contributed by atoms with Crippen LogP contribution in [0, 0.1) is 0 Å². The topological polar surface area (TPSA) is 87.1 Å². The largest absolute Gasteiger partial charge is 0.378 e. The molecule has 0 bridgehead atoms. The highest BCUT2D eigenvalue weighted by molar-refractivity contribution is 7.17. The summed E-state index contributed by atoms with van der Waals surface area (Å²) >= 11 is 1.55. The van der Waals surface area contributed by atoms with Crippen LogP contribution in [0.5, 0.6) is 0 Å². The lowest BCUT2D eigenvalue weighted by atomic mass is 10.1. The van der Waals surface area contributed by atoms with Crippen LogP contribution in [0.2, 0.25) is 0 Å². The van der Waals surface area contributed by atoms with Crippen molar-refractivity contribution in [2.75, 3.05) is 36.1 Å². The molecule has 4 aromatic carbocycles. The zero-order valence-electron chi connectivity index (χ0n) is 22.7. The molecule has 1 aromatic heterocycles. The lowest BCUT2D eigenvalue weighted by molar-refractivity contribution is 0.0953. The van der Waals surface area contributed by atoms with E-state index in [4.69, 9.17) is 9.72 Å². The molecular weight excluding hydrogens is 546 g/mol. The predicted molar refractivity (Wildman–Crippen MR) is 167 cm³/mol. The lowest BCUT2D eigenvalue weighted by Gasteiger charge is -2.26. The first-order chi connectivity index (χ1) is 20.7. The van der Waals surface area contributed by atoms with E-state index in [9.17, 15) is 9.59 Å². The van der Waals surface area contributed by atoms with Crippen LogP contribution in [-0.4, -0.2) is 49.3 Å². The fraction of sp³-hybridized carbons (Fsp3) is 0.152. The number of carbonyl (C=O) groups is 2. The van der Waals surface area contributed by atoms with Crippen LogP contribution in [0.3, 0.4) is 0 Å². The van der Waals surface area contributed by atoms with Crippen molar-refractivity contribution in [2.24, 2.45) is 5.10 Å². The normalized spacial score (nSPS) is 14.7. The summed E-state index contributed by atoms with van der Waals surface area (Å²) in [6.45, 7) is 3.36. The van der Waals surface area contributed by atoms with E-state index in [0.717, 1.165) is 61.9 Å². The molecular formula is C33H27N5O3S. The number of nitrogens with one attached hydrogen (secondary N) is 1. The number of amides is 2. The maximum Gasteiger partial charge on any atom is 0.271 e. The average molecular weight is 574 g/mol. The number of anilines is 2. The highest BCUT2D eigenvalue weighted by atomic mass is 32.1. The van der Waals surface area contributed by atoms with Crippen LogP contribution in [0.25, 0.3) is 22.0 Å². The molecule has 0 saturated carbocycles. The number of hydrazone groups is 1. The summed E-state index contributed by atoms with van der Waals surface area (Å²) in [5.41, 5.74) is 7.53. The van der Waals surface area contributed by atoms with E-state index in [1.807, 2.05) is 78.9 Å². The van der Waals surface area contributed by atoms with E-state index >= 15 is 0 Å². The number of ether oxygens (including phenoxy) is 1. The van der Waals surface area contributed by atoms with Gasteiger partial charge >= 0.3 is 0 Å². The molecule has 8 nitrogen and oxygen atoms in total. The molecule has 2 aliphatic heterocycles. The summed E-state index contributed by atoms with van der Waals surface area (Å²) in [6, 6.07) is 29.0. The van der Waals surface area contributed by atoms with Gasteiger partial charge in [0.2, 0.25) is 0 Å². The molecule has 3 heterocycles. The zero-order valence-corrected chi connectivity index (χ0v) is 23.5. The number of carbonyl (C=O) groups excluding carboxylic acids is 2. The smallest absolute Gasteiger partial charge is 0.271 e. The SMILES string of the molecule is O=C(N/N=C/c1sc(N2CCOCC2)nc1-c1ccccc1)c1ccc(CN2C(=O)c3cccc4cccc2c34)cc1. The molecule has 208 valence electrons. The van der Waals surface area contributed by atoms with Crippen molar-refractivity contribution in [2.45, 2.75) is 6.54 Å². The van der Waals surface area contributed by atoms with E-state index in [2.05, 4.69) is 15.4 Å². The first-order valence-corrected chi connectivity index (χ1v) is 14.6. The van der Waals surface area contributed by atoms with Crippen molar-refractivity contribution in [1.29, 1.82) is 0 Å².